The van der Waals surface area contributed by atoms with Crippen LogP contribution in [0.5, 0.6) is 0 Å². The fourth-order valence-electron chi connectivity index (χ4n) is 2.46. The van der Waals surface area contributed by atoms with Crippen LogP contribution in [0.4, 0.5) is 0 Å². The van der Waals surface area contributed by atoms with Crippen molar-refractivity contribution in [3.8, 4) is 0 Å². The lowest BCUT2D eigenvalue weighted by atomic mass is 10.00. The van der Waals surface area contributed by atoms with Gasteiger partial charge in [-0.25, -0.2) is 0 Å². The van der Waals surface area contributed by atoms with E-state index in [1.54, 1.807) is 0 Å². The molecular weight excluding hydrogens is 340 g/mol. The van der Waals surface area contributed by atoms with E-state index in [2.05, 4.69) is 84.6 Å². The SMILES string of the molecule is C=C/C=C\C(=C/CCC)C(C)(C)SSC(C)(C)C1=CCC(C)=CC=C1. The molecule has 25 heavy (non-hydrogen) atoms. The molecule has 0 heterocycles. The molecule has 0 aliphatic heterocycles. The lowest BCUT2D eigenvalue weighted by molar-refractivity contribution is 0.838. The smallest absolute Gasteiger partial charge is 0.0452 e. The van der Waals surface area contributed by atoms with Crippen molar-refractivity contribution >= 4 is 21.6 Å². The first-order chi connectivity index (χ1) is 11.7. The fraction of sp³-hybridized carbons (Fsp3) is 0.478. The van der Waals surface area contributed by atoms with Gasteiger partial charge in [-0.05, 0) is 58.6 Å². The van der Waals surface area contributed by atoms with Gasteiger partial charge in [0.15, 0.2) is 0 Å². The second-order valence-electron chi connectivity index (χ2n) is 7.47. The summed E-state index contributed by atoms with van der Waals surface area (Å²) in [6.45, 7) is 17.5. The molecule has 1 aliphatic carbocycles. The van der Waals surface area contributed by atoms with Crippen LogP contribution in [0, 0.1) is 0 Å². The van der Waals surface area contributed by atoms with Crippen molar-refractivity contribution in [2.45, 2.75) is 70.3 Å². The third kappa shape index (κ3) is 7.50. The monoisotopic (exact) mass is 374 g/mol. The van der Waals surface area contributed by atoms with E-state index in [9.17, 15) is 0 Å². The van der Waals surface area contributed by atoms with Crippen LogP contribution in [0.25, 0.3) is 0 Å². The van der Waals surface area contributed by atoms with E-state index in [-0.39, 0.29) is 9.49 Å². The highest BCUT2D eigenvalue weighted by molar-refractivity contribution is 8.77. The zero-order valence-electron chi connectivity index (χ0n) is 16.8. The third-order valence-corrected chi connectivity index (χ3v) is 8.35. The number of allylic oxidation sites excluding steroid dienone is 9. The maximum Gasteiger partial charge on any atom is 0.0452 e. The van der Waals surface area contributed by atoms with Crippen LogP contribution in [0.3, 0.4) is 0 Å². The molecule has 0 fully saturated rings. The van der Waals surface area contributed by atoms with E-state index < -0.39 is 0 Å². The lowest BCUT2D eigenvalue weighted by Crippen LogP contribution is -2.21. The molecular formula is C23H34S2. The van der Waals surface area contributed by atoms with Gasteiger partial charge in [0.2, 0.25) is 0 Å². The van der Waals surface area contributed by atoms with Crippen molar-refractivity contribution in [1.29, 1.82) is 0 Å². The van der Waals surface area contributed by atoms with Gasteiger partial charge in [0.1, 0.15) is 0 Å². The largest absolute Gasteiger partial charge is 0.0991 e. The maximum absolute atomic E-state index is 3.81. The van der Waals surface area contributed by atoms with E-state index in [1.165, 1.54) is 23.1 Å². The van der Waals surface area contributed by atoms with Gasteiger partial charge >= 0.3 is 0 Å². The first-order valence-electron chi connectivity index (χ1n) is 9.14. The van der Waals surface area contributed by atoms with E-state index in [4.69, 9.17) is 0 Å². The van der Waals surface area contributed by atoms with Crippen LogP contribution < -0.4 is 0 Å². The van der Waals surface area contributed by atoms with Crippen LogP contribution in [-0.4, -0.2) is 9.49 Å². The van der Waals surface area contributed by atoms with Gasteiger partial charge in [0, 0.05) is 9.49 Å². The lowest BCUT2D eigenvalue weighted by Gasteiger charge is -2.32. The van der Waals surface area contributed by atoms with Gasteiger partial charge in [-0.1, -0.05) is 95.7 Å². The predicted molar refractivity (Wildman–Crippen MR) is 121 cm³/mol. The Balaban J connectivity index is 2.87. The average Bonchev–Trinajstić information content (AvgIpc) is 2.78. The maximum atomic E-state index is 3.81. The Kier molecular flexibility index (Phi) is 9.16. The molecule has 0 saturated carbocycles. The summed E-state index contributed by atoms with van der Waals surface area (Å²) in [5.74, 6) is 0. The standard InChI is InChI=1S/C23H34S2/c1-8-10-14-20(15-11-9-2)22(4,5)24-25-23(6,7)21-16-12-13-19(3)17-18-21/h8,10,12-16,18H,1,9,11,17H2,2-7H3/b14-10-,20-15+. The highest BCUT2D eigenvalue weighted by Gasteiger charge is 2.29. The van der Waals surface area contributed by atoms with E-state index in [0.29, 0.717) is 0 Å². The topological polar surface area (TPSA) is 0 Å². The van der Waals surface area contributed by atoms with E-state index in [0.717, 1.165) is 12.8 Å². The van der Waals surface area contributed by atoms with Crippen molar-refractivity contribution in [1.82, 2.24) is 0 Å². The van der Waals surface area contributed by atoms with E-state index in [1.807, 2.05) is 33.7 Å². The molecule has 0 aromatic heterocycles. The van der Waals surface area contributed by atoms with Gasteiger partial charge in [0.25, 0.3) is 0 Å². The Labute approximate surface area is 163 Å². The summed E-state index contributed by atoms with van der Waals surface area (Å²) in [5, 5.41) is 0. The quantitative estimate of drug-likeness (QED) is 0.294. The van der Waals surface area contributed by atoms with Crippen LogP contribution in [-0.2, 0) is 0 Å². The van der Waals surface area contributed by atoms with Crippen molar-refractivity contribution in [3.05, 3.63) is 71.9 Å². The van der Waals surface area contributed by atoms with Crippen molar-refractivity contribution in [2.24, 2.45) is 0 Å². The zero-order chi connectivity index (χ0) is 18.9. The summed E-state index contributed by atoms with van der Waals surface area (Å²) in [4.78, 5) is 0. The molecule has 2 heteroatoms. The Morgan fingerprint density at radius 3 is 2.60 bits per heavy atom. The van der Waals surface area contributed by atoms with Crippen LogP contribution >= 0.6 is 21.6 Å². The molecule has 0 atom stereocenters. The molecule has 0 nitrogen and oxygen atoms in total. The molecule has 0 radical (unpaired) electrons. The first kappa shape index (κ1) is 22.2. The molecule has 138 valence electrons. The van der Waals surface area contributed by atoms with Crippen molar-refractivity contribution in [3.63, 3.8) is 0 Å². The zero-order valence-corrected chi connectivity index (χ0v) is 18.4. The first-order valence-corrected chi connectivity index (χ1v) is 11.3. The second-order valence-corrected chi connectivity index (χ2v) is 10.8. The summed E-state index contributed by atoms with van der Waals surface area (Å²) in [7, 11) is 3.94. The second kappa shape index (κ2) is 10.3. The molecule has 0 N–H and O–H groups in total. The van der Waals surface area contributed by atoms with Crippen LogP contribution in [0.15, 0.2) is 71.9 Å². The van der Waals surface area contributed by atoms with Gasteiger partial charge in [-0.2, -0.15) is 0 Å². The summed E-state index contributed by atoms with van der Waals surface area (Å²) in [5.41, 5.74) is 4.21. The van der Waals surface area contributed by atoms with Gasteiger partial charge in [-0.15, -0.1) is 0 Å². The number of rotatable bonds is 9. The van der Waals surface area contributed by atoms with Gasteiger partial charge in [0.05, 0.1) is 0 Å². The molecule has 0 amide bonds. The number of unbranched alkanes of at least 4 members (excludes halogenated alkanes) is 1. The molecule has 0 bridgehead atoms. The third-order valence-electron chi connectivity index (χ3n) is 4.21. The average molecular weight is 375 g/mol. The summed E-state index contributed by atoms with van der Waals surface area (Å²) in [6, 6.07) is 0. The predicted octanol–water partition coefficient (Wildman–Crippen LogP) is 8.23. The molecule has 1 rings (SSSR count). The van der Waals surface area contributed by atoms with Crippen molar-refractivity contribution in [2.75, 3.05) is 0 Å². The summed E-state index contributed by atoms with van der Waals surface area (Å²) < 4.78 is 0.134. The van der Waals surface area contributed by atoms with Gasteiger partial charge < -0.3 is 0 Å². The summed E-state index contributed by atoms with van der Waals surface area (Å²) in [6.07, 6.45) is 20.9. The Morgan fingerprint density at radius 2 is 1.96 bits per heavy atom. The minimum atomic E-state index is 0.0553. The normalized spacial score (nSPS) is 16.6. The molecule has 0 unspecified atom stereocenters. The summed E-state index contributed by atoms with van der Waals surface area (Å²) >= 11 is 0. The Bertz CT molecular complexity index is 596. The fourth-order valence-corrected chi connectivity index (χ4v) is 5.20. The molecule has 0 saturated heterocycles. The van der Waals surface area contributed by atoms with Gasteiger partial charge in [-0.3, -0.25) is 0 Å². The molecule has 0 spiro atoms. The molecule has 1 aliphatic rings. The highest BCUT2D eigenvalue weighted by Crippen LogP contribution is 2.50. The Morgan fingerprint density at radius 1 is 1.24 bits per heavy atom. The highest BCUT2D eigenvalue weighted by atomic mass is 33.1. The van der Waals surface area contributed by atoms with Crippen LogP contribution in [0.1, 0.15) is 60.8 Å². The van der Waals surface area contributed by atoms with Crippen molar-refractivity contribution < 1.29 is 0 Å². The Hall–Kier alpha value is -0.860. The van der Waals surface area contributed by atoms with E-state index >= 15 is 0 Å². The number of hydrogen-bond donors (Lipinski definition) is 0. The number of hydrogen-bond acceptors (Lipinski definition) is 2. The van der Waals surface area contributed by atoms with Crippen LogP contribution in [0.2, 0.25) is 0 Å². The minimum absolute atomic E-state index is 0.0553. The minimum Gasteiger partial charge on any atom is -0.0991 e. The molecule has 0 aromatic carbocycles. The molecule has 0 aromatic rings.